The van der Waals surface area contributed by atoms with Crippen LogP contribution in [0.5, 0.6) is 0 Å². The largest absolute Gasteiger partial charge is 0.383 e. The molecule has 24 heavy (non-hydrogen) atoms. The second-order valence-corrected chi connectivity index (χ2v) is 5.99. The van der Waals surface area contributed by atoms with Crippen molar-refractivity contribution in [1.82, 2.24) is 20.3 Å². The lowest BCUT2D eigenvalue weighted by Gasteiger charge is -2.07. The summed E-state index contributed by atoms with van der Waals surface area (Å²) in [6.07, 6.45) is 3.63. The molecule has 0 amide bonds. The molecule has 3 aromatic heterocycles. The standard InChI is InChI=1S/C17H19N5OS/c1-23-9-7-18-11-13-5-6-15(20-12-13)22-16-4-2-3-14(21-16)17-19-8-10-24-17/h2-6,8,10,12,18H,7,9,11H2,1H3,(H,20,21,22). The molecular weight excluding hydrogens is 322 g/mol. The predicted molar refractivity (Wildman–Crippen MR) is 96.4 cm³/mol. The fourth-order valence-electron chi connectivity index (χ4n) is 2.11. The number of hydrogen-bond donors (Lipinski definition) is 2. The van der Waals surface area contributed by atoms with Crippen molar-refractivity contribution in [2.75, 3.05) is 25.6 Å². The fraction of sp³-hybridized carbons (Fsp3) is 0.235. The van der Waals surface area contributed by atoms with E-state index in [9.17, 15) is 0 Å². The third-order valence-electron chi connectivity index (χ3n) is 3.29. The summed E-state index contributed by atoms with van der Waals surface area (Å²) >= 11 is 1.57. The van der Waals surface area contributed by atoms with Crippen LogP contribution in [0.3, 0.4) is 0 Å². The molecule has 7 heteroatoms. The lowest BCUT2D eigenvalue weighted by atomic mass is 10.3. The van der Waals surface area contributed by atoms with Crippen molar-refractivity contribution in [3.63, 3.8) is 0 Å². The molecule has 3 heterocycles. The van der Waals surface area contributed by atoms with Crippen molar-refractivity contribution in [2.24, 2.45) is 0 Å². The van der Waals surface area contributed by atoms with Crippen LogP contribution in [-0.4, -0.2) is 35.2 Å². The number of nitrogens with zero attached hydrogens (tertiary/aromatic N) is 3. The van der Waals surface area contributed by atoms with Crippen LogP contribution in [0.25, 0.3) is 10.7 Å². The topological polar surface area (TPSA) is 72.0 Å². The minimum absolute atomic E-state index is 0.703. The molecule has 3 rings (SSSR count). The molecule has 0 radical (unpaired) electrons. The van der Waals surface area contributed by atoms with Gasteiger partial charge in [-0.05, 0) is 23.8 Å². The quantitative estimate of drug-likeness (QED) is 0.614. The predicted octanol–water partition coefficient (Wildman–Crippen LogP) is 3.08. The van der Waals surface area contributed by atoms with Crippen LogP contribution in [0.4, 0.5) is 11.6 Å². The highest BCUT2D eigenvalue weighted by Crippen LogP contribution is 2.22. The number of methoxy groups -OCH3 is 1. The van der Waals surface area contributed by atoms with Crippen molar-refractivity contribution < 1.29 is 4.74 Å². The molecule has 0 saturated carbocycles. The second-order valence-electron chi connectivity index (χ2n) is 5.09. The molecule has 0 aliphatic carbocycles. The smallest absolute Gasteiger partial charge is 0.141 e. The van der Waals surface area contributed by atoms with Gasteiger partial charge in [-0.15, -0.1) is 11.3 Å². The number of hydrogen-bond acceptors (Lipinski definition) is 7. The fourth-order valence-corrected chi connectivity index (χ4v) is 2.72. The summed E-state index contributed by atoms with van der Waals surface area (Å²) in [6, 6.07) is 9.82. The van der Waals surface area contributed by atoms with Gasteiger partial charge in [-0.3, -0.25) is 0 Å². The van der Waals surface area contributed by atoms with E-state index in [1.165, 1.54) is 0 Å². The zero-order chi connectivity index (χ0) is 16.6. The zero-order valence-electron chi connectivity index (χ0n) is 13.4. The molecule has 0 unspecified atom stereocenters. The Hall–Kier alpha value is -2.35. The van der Waals surface area contributed by atoms with Crippen LogP contribution in [-0.2, 0) is 11.3 Å². The molecule has 0 fully saturated rings. The van der Waals surface area contributed by atoms with Gasteiger partial charge in [0.15, 0.2) is 0 Å². The van der Waals surface area contributed by atoms with Crippen molar-refractivity contribution >= 4 is 23.0 Å². The number of nitrogens with one attached hydrogen (secondary N) is 2. The number of anilines is 2. The summed E-state index contributed by atoms with van der Waals surface area (Å²) < 4.78 is 5.00. The van der Waals surface area contributed by atoms with Gasteiger partial charge in [-0.2, -0.15) is 0 Å². The highest BCUT2D eigenvalue weighted by molar-refractivity contribution is 7.13. The SMILES string of the molecule is COCCNCc1ccc(Nc2cccc(-c3nccs3)n2)nc1. The molecule has 0 aliphatic heterocycles. The average molecular weight is 341 g/mol. The van der Waals surface area contributed by atoms with E-state index >= 15 is 0 Å². The van der Waals surface area contributed by atoms with Gasteiger partial charge in [0, 0.05) is 38.0 Å². The summed E-state index contributed by atoms with van der Waals surface area (Å²) in [5.41, 5.74) is 1.98. The highest BCUT2D eigenvalue weighted by Gasteiger charge is 2.04. The van der Waals surface area contributed by atoms with Crippen molar-refractivity contribution in [3.05, 3.63) is 53.7 Å². The normalized spacial score (nSPS) is 10.7. The van der Waals surface area contributed by atoms with Crippen molar-refractivity contribution in [2.45, 2.75) is 6.54 Å². The minimum Gasteiger partial charge on any atom is -0.383 e. The number of pyridine rings is 2. The van der Waals surface area contributed by atoms with Gasteiger partial charge >= 0.3 is 0 Å². The molecule has 0 bridgehead atoms. The van der Waals surface area contributed by atoms with Crippen molar-refractivity contribution in [3.8, 4) is 10.7 Å². The summed E-state index contributed by atoms with van der Waals surface area (Å²) in [6.45, 7) is 2.30. The summed E-state index contributed by atoms with van der Waals surface area (Å²) in [5, 5.41) is 9.36. The molecule has 0 aliphatic rings. The Morgan fingerprint density at radius 1 is 1.12 bits per heavy atom. The summed E-state index contributed by atoms with van der Waals surface area (Å²) in [5.74, 6) is 1.51. The van der Waals surface area contributed by atoms with E-state index in [-0.39, 0.29) is 0 Å². The maximum absolute atomic E-state index is 5.00. The Morgan fingerprint density at radius 2 is 2.08 bits per heavy atom. The number of ether oxygens (including phenoxy) is 1. The summed E-state index contributed by atoms with van der Waals surface area (Å²) in [4.78, 5) is 13.3. The molecule has 6 nitrogen and oxygen atoms in total. The van der Waals surface area contributed by atoms with E-state index in [1.807, 2.05) is 41.9 Å². The monoisotopic (exact) mass is 341 g/mol. The lowest BCUT2D eigenvalue weighted by Crippen LogP contribution is -2.18. The van der Waals surface area contributed by atoms with Gasteiger partial charge in [-0.25, -0.2) is 15.0 Å². The van der Waals surface area contributed by atoms with Crippen LogP contribution in [0.2, 0.25) is 0 Å². The highest BCUT2D eigenvalue weighted by atomic mass is 32.1. The molecule has 2 N–H and O–H groups in total. The first-order valence-electron chi connectivity index (χ1n) is 7.63. The molecule has 0 spiro atoms. The third-order valence-corrected chi connectivity index (χ3v) is 4.09. The van der Waals surface area contributed by atoms with Gasteiger partial charge in [0.2, 0.25) is 0 Å². The Balaban J connectivity index is 1.61. The maximum atomic E-state index is 5.00. The number of thiazole rings is 1. The molecule has 0 saturated heterocycles. The number of rotatable bonds is 8. The third kappa shape index (κ3) is 4.58. The Kier molecular flexibility index (Phi) is 5.84. The number of aromatic nitrogens is 3. The molecule has 0 aromatic carbocycles. The second kappa shape index (κ2) is 8.49. The van der Waals surface area contributed by atoms with E-state index in [0.29, 0.717) is 6.61 Å². The first-order chi connectivity index (χ1) is 11.8. The van der Waals surface area contributed by atoms with Crippen LogP contribution >= 0.6 is 11.3 Å². The van der Waals surface area contributed by atoms with Gasteiger partial charge in [0.1, 0.15) is 22.3 Å². The maximum Gasteiger partial charge on any atom is 0.141 e. The lowest BCUT2D eigenvalue weighted by molar-refractivity contribution is 0.199. The van der Waals surface area contributed by atoms with E-state index in [2.05, 4.69) is 25.6 Å². The van der Waals surface area contributed by atoms with E-state index in [4.69, 9.17) is 4.74 Å². The van der Waals surface area contributed by atoms with Crippen LogP contribution in [0, 0.1) is 0 Å². The Labute approximate surface area is 145 Å². The van der Waals surface area contributed by atoms with E-state index < -0.39 is 0 Å². The molecule has 124 valence electrons. The van der Waals surface area contributed by atoms with Gasteiger partial charge in [0.05, 0.1) is 6.61 Å². The van der Waals surface area contributed by atoms with Gasteiger partial charge in [0.25, 0.3) is 0 Å². The van der Waals surface area contributed by atoms with Gasteiger partial charge < -0.3 is 15.4 Å². The van der Waals surface area contributed by atoms with Crippen LogP contribution in [0.15, 0.2) is 48.1 Å². The van der Waals surface area contributed by atoms with Gasteiger partial charge in [-0.1, -0.05) is 12.1 Å². The van der Waals surface area contributed by atoms with Crippen LogP contribution < -0.4 is 10.6 Å². The minimum atomic E-state index is 0.703. The van der Waals surface area contributed by atoms with Crippen LogP contribution in [0.1, 0.15) is 5.56 Å². The summed E-state index contributed by atoms with van der Waals surface area (Å²) in [7, 11) is 1.70. The van der Waals surface area contributed by atoms with E-state index in [1.54, 1.807) is 24.6 Å². The zero-order valence-corrected chi connectivity index (χ0v) is 14.2. The molecule has 3 aromatic rings. The molecule has 0 atom stereocenters. The Morgan fingerprint density at radius 3 is 2.83 bits per heavy atom. The van der Waals surface area contributed by atoms with E-state index in [0.717, 1.165) is 41.0 Å². The molecular formula is C17H19N5OS. The van der Waals surface area contributed by atoms with Crippen molar-refractivity contribution in [1.29, 1.82) is 0 Å². The Bertz CT molecular complexity index is 746. The first-order valence-corrected chi connectivity index (χ1v) is 8.51. The first kappa shape index (κ1) is 16.5. The average Bonchev–Trinajstić information content (AvgIpc) is 3.15.